The van der Waals surface area contributed by atoms with E-state index >= 15 is 0 Å². The SMILES string of the molecule is FC(F)CC[SiH2]C1CCCCC1. The molecule has 0 aromatic heterocycles. The van der Waals surface area contributed by atoms with Crippen LogP contribution in [0.25, 0.3) is 0 Å². The van der Waals surface area contributed by atoms with Crippen LogP contribution in [-0.4, -0.2) is 15.9 Å². The van der Waals surface area contributed by atoms with Gasteiger partial charge in [0.05, 0.1) is 0 Å². The first-order chi connectivity index (χ1) is 5.79. The van der Waals surface area contributed by atoms with Gasteiger partial charge >= 0.3 is 0 Å². The molecule has 12 heavy (non-hydrogen) atoms. The van der Waals surface area contributed by atoms with Gasteiger partial charge in [-0.3, -0.25) is 0 Å². The van der Waals surface area contributed by atoms with Crippen molar-refractivity contribution in [3.63, 3.8) is 0 Å². The number of hydrogen-bond donors (Lipinski definition) is 0. The van der Waals surface area contributed by atoms with Crippen LogP contribution < -0.4 is 0 Å². The van der Waals surface area contributed by atoms with Crippen molar-refractivity contribution in [3.05, 3.63) is 0 Å². The molecule has 0 heterocycles. The van der Waals surface area contributed by atoms with Gasteiger partial charge in [0.25, 0.3) is 0 Å². The van der Waals surface area contributed by atoms with E-state index in [1.165, 1.54) is 32.1 Å². The molecule has 1 fully saturated rings. The van der Waals surface area contributed by atoms with Crippen molar-refractivity contribution in [1.82, 2.24) is 0 Å². The maximum Gasteiger partial charge on any atom is 0.238 e. The third-order valence-electron chi connectivity index (χ3n) is 2.76. The highest BCUT2D eigenvalue weighted by molar-refractivity contribution is 6.37. The monoisotopic (exact) mass is 192 g/mol. The van der Waals surface area contributed by atoms with E-state index in [0.717, 1.165) is 11.6 Å². The fourth-order valence-corrected chi connectivity index (χ4v) is 4.31. The van der Waals surface area contributed by atoms with Crippen molar-refractivity contribution in [2.24, 2.45) is 0 Å². The molecule has 0 N–H and O–H groups in total. The highest BCUT2D eigenvalue weighted by Crippen LogP contribution is 2.28. The summed E-state index contributed by atoms with van der Waals surface area (Å²) in [5, 5.41) is 0. The molecule has 72 valence electrons. The quantitative estimate of drug-likeness (QED) is 0.601. The van der Waals surface area contributed by atoms with E-state index in [4.69, 9.17) is 0 Å². The zero-order valence-corrected chi connectivity index (χ0v) is 8.98. The van der Waals surface area contributed by atoms with Crippen molar-refractivity contribution >= 4 is 9.52 Å². The molecule has 0 aromatic rings. The van der Waals surface area contributed by atoms with E-state index in [-0.39, 0.29) is 15.9 Å². The largest absolute Gasteiger partial charge is 0.238 e. The highest BCUT2D eigenvalue weighted by atomic mass is 28.2. The topological polar surface area (TPSA) is 0 Å². The van der Waals surface area contributed by atoms with Crippen LogP contribution in [0.4, 0.5) is 8.78 Å². The molecule has 0 atom stereocenters. The van der Waals surface area contributed by atoms with Gasteiger partial charge in [-0.15, -0.1) is 0 Å². The van der Waals surface area contributed by atoms with Crippen LogP contribution in [0.3, 0.4) is 0 Å². The van der Waals surface area contributed by atoms with Gasteiger partial charge in [0.15, 0.2) is 0 Å². The molecular formula is C9H18F2Si. The molecule has 0 nitrogen and oxygen atoms in total. The molecule has 0 saturated heterocycles. The fraction of sp³-hybridized carbons (Fsp3) is 1.00. The van der Waals surface area contributed by atoms with E-state index in [0.29, 0.717) is 0 Å². The summed E-state index contributed by atoms with van der Waals surface area (Å²) in [7, 11) is -0.157. The van der Waals surface area contributed by atoms with Gasteiger partial charge in [-0.1, -0.05) is 43.7 Å². The van der Waals surface area contributed by atoms with Crippen LogP contribution >= 0.6 is 0 Å². The van der Waals surface area contributed by atoms with Crippen molar-refractivity contribution < 1.29 is 8.78 Å². The van der Waals surface area contributed by atoms with E-state index in [9.17, 15) is 8.78 Å². The van der Waals surface area contributed by atoms with Crippen molar-refractivity contribution in [2.75, 3.05) is 0 Å². The molecule has 0 aromatic carbocycles. The summed E-state index contributed by atoms with van der Waals surface area (Å²) in [6.07, 6.45) is 4.88. The first kappa shape index (κ1) is 10.2. The van der Waals surface area contributed by atoms with Crippen LogP contribution in [0.15, 0.2) is 0 Å². The van der Waals surface area contributed by atoms with Gasteiger partial charge in [-0.25, -0.2) is 8.78 Å². The first-order valence-electron chi connectivity index (χ1n) is 5.07. The molecule has 0 amide bonds. The predicted molar refractivity (Wildman–Crippen MR) is 50.8 cm³/mol. The molecule has 0 unspecified atom stereocenters. The van der Waals surface area contributed by atoms with Gasteiger partial charge in [0.1, 0.15) is 0 Å². The summed E-state index contributed by atoms with van der Waals surface area (Å²) in [6.45, 7) is 0. The minimum Gasteiger partial charge on any atom is -0.211 e. The number of halogens is 2. The second-order valence-electron chi connectivity index (χ2n) is 3.83. The van der Waals surface area contributed by atoms with Crippen molar-refractivity contribution in [3.8, 4) is 0 Å². The Morgan fingerprint density at radius 2 is 1.83 bits per heavy atom. The Balaban J connectivity index is 1.98. The van der Waals surface area contributed by atoms with E-state index in [1.54, 1.807) is 0 Å². The van der Waals surface area contributed by atoms with E-state index < -0.39 is 6.43 Å². The normalized spacial score (nSPS) is 21.2. The fourth-order valence-electron chi connectivity index (χ4n) is 2.04. The molecule has 3 heteroatoms. The lowest BCUT2D eigenvalue weighted by atomic mass is 10.0. The number of hydrogen-bond acceptors (Lipinski definition) is 0. The molecule has 1 rings (SSSR count). The highest BCUT2D eigenvalue weighted by Gasteiger charge is 2.14. The maximum absolute atomic E-state index is 11.8. The van der Waals surface area contributed by atoms with Gasteiger partial charge in [0.2, 0.25) is 6.43 Å². The van der Waals surface area contributed by atoms with Crippen LogP contribution in [-0.2, 0) is 0 Å². The summed E-state index contributed by atoms with van der Waals surface area (Å²) in [4.78, 5) is 0. The van der Waals surface area contributed by atoms with Crippen LogP contribution in [0.5, 0.6) is 0 Å². The lowest BCUT2D eigenvalue weighted by molar-refractivity contribution is 0.144. The van der Waals surface area contributed by atoms with Crippen LogP contribution in [0.2, 0.25) is 11.6 Å². The summed E-state index contributed by atoms with van der Waals surface area (Å²) in [5.74, 6) is 0. The predicted octanol–water partition coefficient (Wildman–Crippen LogP) is 2.98. The molecule has 0 aliphatic heterocycles. The summed E-state index contributed by atoms with van der Waals surface area (Å²) >= 11 is 0. The van der Waals surface area contributed by atoms with E-state index in [1.807, 2.05) is 0 Å². The Bertz CT molecular complexity index is 111. The van der Waals surface area contributed by atoms with Gasteiger partial charge in [-0.2, -0.15) is 0 Å². The molecular weight excluding hydrogens is 174 g/mol. The summed E-state index contributed by atoms with van der Waals surface area (Å²) < 4.78 is 23.6. The zero-order valence-electron chi connectivity index (χ0n) is 7.57. The lowest BCUT2D eigenvalue weighted by Crippen LogP contribution is -2.08. The third-order valence-corrected chi connectivity index (χ3v) is 5.21. The molecule has 1 saturated carbocycles. The average Bonchev–Trinajstić information content (AvgIpc) is 2.05. The zero-order chi connectivity index (χ0) is 8.81. The Kier molecular flexibility index (Phi) is 4.81. The number of rotatable bonds is 4. The molecule has 0 bridgehead atoms. The van der Waals surface area contributed by atoms with Crippen LogP contribution in [0.1, 0.15) is 38.5 Å². The van der Waals surface area contributed by atoms with E-state index in [2.05, 4.69) is 0 Å². The Morgan fingerprint density at radius 1 is 1.17 bits per heavy atom. The molecule has 0 spiro atoms. The third kappa shape index (κ3) is 4.19. The van der Waals surface area contributed by atoms with Gasteiger partial charge in [-0.05, 0) is 0 Å². The van der Waals surface area contributed by atoms with Crippen molar-refractivity contribution in [2.45, 2.75) is 56.5 Å². The molecule has 1 aliphatic carbocycles. The van der Waals surface area contributed by atoms with Crippen molar-refractivity contribution in [1.29, 1.82) is 0 Å². The Labute approximate surface area is 75.6 Å². The average molecular weight is 192 g/mol. The summed E-state index contributed by atoms with van der Waals surface area (Å²) in [6, 6.07) is 0.863. The minimum absolute atomic E-state index is 0.157. The Morgan fingerprint density at radius 3 is 2.42 bits per heavy atom. The summed E-state index contributed by atoms with van der Waals surface area (Å²) in [5.41, 5.74) is 0.900. The van der Waals surface area contributed by atoms with Gasteiger partial charge in [0, 0.05) is 15.9 Å². The molecule has 1 aliphatic rings. The molecule has 0 radical (unpaired) electrons. The smallest absolute Gasteiger partial charge is 0.211 e. The van der Waals surface area contributed by atoms with Gasteiger partial charge < -0.3 is 0 Å². The second-order valence-corrected chi connectivity index (χ2v) is 6.27. The lowest BCUT2D eigenvalue weighted by Gasteiger charge is -2.20. The minimum atomic E-state index is -2.05. The Hall–Kier alpha value is 0.0769. The maximum atomic E-state index is 11.8. The van der Waals surface area contributed by atoms with Crippen LogP contribution in [0, 0.1) is 0 Å². The number of alkyl halides is 2. The second kappa shape index (κ2) is 5.68. The standard InChI is InChI=1S/C9H18F2Si/c10-9(11)6-7-12-8-4-2-1-3-5-8/h8-9H,1-7,12H2. The first-order valence-corrected chi connectivity index (χ1v) is 6.89.